The normalized spacial score (nSPS) is 10.8. The van der Waals surface area contributed by atoms with E-state index in [9.17, 15) is 4.79 Å². The highest BCUT2D eigenvalue weighted by Crippen LogP contribution is 2.42. The average molecular weight is 466 g/mol. The van der Waals surface area contributed by atoms with E-state index in [0.717, 1.165) is 0 Å². The average Bonchev–Trinajstić information content (AvgIpc) is 2.61. The summed E-state index contributed by atoms with van der Waals surface area (Å²) in [5, 5.41) is 1.96. The lowest BCUT2D eigenvalue weighted by Crippen LogP contribution is -1.95. The number of hydrogen-bond acceptors (Lipinski definition) is 2. The van der Waals surface area contributed by atoms with Crippen molar-refractivity contribution in [1.29, 1.82) is 0 Å². The Bertz CT molecular complexity index is 1030. The van der Waals surface area contributed by atoms with Crippen LogP contribution in [0.5, 0.6) is 0 Å². The fraction of sp³-hybridized carbons (Fsp3) is 0. The molecule has 0 radical (unpaired) electrons. The van der Waals surface area contributed by atoms with Gasteiger partial charge in [-0.25, -0.2) is 0 Å². The smallest absolute Gasteiger partial charge is 0.151 e. The molecule has 8 heteroatoms. The Labute approximate surface area is 179 Å². The van der Waals surface area contributed by atoms with Crippen LogP contribution in [0.1, 0.15) is 10.4 Å². The second-order valence-electron chi connectivity index (χ2n) is 5.27. The number of carbonyl (C=O) groups excluding carboxylic acids is 1. The van der Waals surface area contributed by atoms with E-state index in [1.54, 1.807) is 18.2 Å². The van der Waals surface area contributed by atoms with E-state index < -0.39 is 0 Å². The third kappa shape index (κ3) is 3.82. The van der Waals surface area contributed by atoms with E-state index in [2.05, 4.69) is 4.98 Å². The summed E-state index contributed by atoms with van der Waals surface area (Å²) < 4.78 is 0. The molecule has 1 heterocycles. The Balaban J connectivity index is 2.34. The number of pyridine rings is 1. The molecular formula is C18H7Cl6NO. The number of halogens is 6. The van der Waals surface area contributed by atoms with Gasteiger partial charge in [0, 0.05) is 28.5 Å². The van der Waals surface area contributed by atoms with Gasteiger partial charge in [0.05, 0.1) is 35.8 Å². The predicted octanol–water partition coefficient (Wildman–Crippen LogP) is 8.15. The summed E-state index contributed by atoms with van der Waals surface area (Å²) >= 11 is 37.0. The van der Waals surface area contributed by atoms with Crippen LogP contribution in [0.4, 0.5) is 0 Å². The maximum absolute atomic E-state index is 11.2. The third-order valence-electron chi connectivity index (χ3n) is 3.61. The lowest BCUT2D eigenvalue weighted by Gasteiger charge is -2.14. The summed E-state index contributed by atoms with van der Waals surface area (Å²) in [5.41, 5.74) is 2.48. The molecule has 1 aromatic heterocycles. The van der Waals surface area contributed by atoms with Crippen LogP contribution < -0.4 is 0 Å². The first-order chi connectivity index (χ1) is 12.3. The molecule has 132 valence electrons. The molecule has 2 aromatic carbocycles. The third-order valence-corrected chi connectivity index (χ3v) is 5.68. The first kappa shape index (κ1) is 19.8. The molecule has 2 nitrogen and oxygen atoms in total. The Morgan fingerprint density at radius 3 is 1.69 bits per heavy atom. The van der Waals surface area contributed by atoms with Gasteiger partial charge >= 0.3 is 0 Å². The molecule has 0 amide bonds. The molecule has 3 rings (SSSR count). The first-order valence-electron chi connectivity index (χ1n) is 7.07. The molecule has 0 aliphatic carbocycles. The zero-order chi connectivity index (χ0) is 19.0. The maximum atomic E-state index is 11.2. The number of rotatable bonds is 3. The molecule has 0 N–H and O–H groups in total. The van der Waals surface area contributed by atoms with Crippen LogP contribution in [-0.2, 0) is 0 Å². The minimum atomic E-state index is 0.314. The summed E-state index contributed by atoms with van der Waals surface area (Å²) in [4.78, 5) is 15.6. The predicted molar refractivity (Wildman–Crippen MR) is 111 cm³/mol. The Morgan fingerprint density at radius 2 is 1.12 bits per heavy atom. The van der Waals surface area contributed by atoms with Crippen molar-refractivity contribution in [3.63, 3.8) is 0 Å². The van der Waals surface area contributed by atoms with Gasteiger partial charge in [0.25, 0.3) is 0 Å². The van der Waals surface area contributed by atoms with E-state index in [1.807, 2.05) is 0 Å². The molecule has 0 fully saturated rings. The van der Waals surface area contributed by atoms with Gasteiger partial charge in [0.1, 0.15) is 0 Å². The Hall–Kier alpha value is -1.000. The Morgan fingerprint density at radius 1 is 0.615 bits per heavy atom. The summed E-state index contributed by atoms with van der Waals surface area (Å²) in [6.45, 7) is 0. The first-order valence-corrected chi connectivity index (χ1v) is 9.33. The largest absolute Gasteiger partial charge is 0.298 e. The Kier molecular flexibility index (Phi) is 6.03. The van der Waals surface area contributed by atoms with Gasteiger partial charge in [-0.15, -0.1) is 0 Å². The second-order valence-corrected chi connectivity index (χ2v) is 7.72. The molecule has 26 heavy (non-hydrogen) atoms. The minimum absolute atomic E-state index is 0.314. The van der Waals surface area contributed by atoms with Crippen molar-refractivity contribution in [3.05, 3.63) is 72.2 Å². The molecule has 0 unspecified atom stereocenters. The standard InChI is InChI=1S/C18H7Cl6NO/c19-12-4-16(23)14(21)2-9(12)10-1-8(7-26)6-25-18(10)11-3-15(22)17(24)5-13(11)20/h1-7H. The molecule has 0 saturated heterocycles. The summed E-state index contributed by atoms with van der Waals surface area (Å²) in [5.74, 6) is 0. The van der Waals surface area contributed by atoms with Crippen LogP contribution >= 0.6 is 69.6 Å². The summed E-state index contributed by atoms with van der Waals surface area (Å²) in [6.07, 6.45) is 2.11. The molecule has 0 aliphatic rings. The molecule has 0 atom stereocenters. The fourth-order valence-corrected chi connectivity index (χ4v) is 3.68. The van der Waals surface area contributed by atoms with Crippen LogP contribution in [0.3, 0.4) is 0 Å². The van der Waals surface area contributed by atoms with Crippen molar-refractivity contribution < 1.29 is 4.79 Å². The van der Waals surface area contributed by atoms with Gasteiger partial charge in [0.2, 0.25) is 0 Å². The zero-order valence-corrected chi connectivity index (χ0v) is 17.2. The molecule has 0 saturated carbocycles. The van der Waals surface area contributed by atoms with Crippen LogP contribution in [0, 0.1) is 0 Å². The molecule has 0 aliphatic heterocycles. The van der Waals surface area contributed by atoms with Gasteiger partial charge in [-0.3, -0.25) is 9.78 Å². The van der Waals surface area contributed by atoms with Crippen molar-refractivity contribution in [2.24, 2.45) is 0 Å². The number of hydrogen-bond donors (Lipinski definition) is 0. The number of benzene rings is 2. The highest BCUT2D eigenvalue weighted by Gasteiger charge is 2.18. The monoisotopic (exact) mass is 463 g/mol. The van der Waals surface area contributed by atoms with Crippen molar-refractivity contribution in [3.8, 4) is 22.4 Å². The van der Waals surface area contributed by atoms with Gasteiger partial charge < -0.3 is 0 Å². The molecule has 0 bridgehead atoms. The number of aromatic nitrogens is 1. The van der Waals surface area contributed by atoms with Crippen LogP contribution in [-0.4, -0.2) is 11.3 Å². The molecular weight excluding hydrogens is 459 g/mol. The van der Waals surface area contributed by atoms with Crippen molar-refractivity contribution in [1.82, 2.24) is 4.98 Å². The molecule has 0 spiro atoms. The molecule has 3 aromatic rings. The maximum Gasteiger partial charge on any atom is 0.151 e. The van der Waals surface area contributed by atoms with E-state index >= 15 is 0 Å². The van der Waals surface area contributed by atoms with E-state index in [0.29, 0.717) is 64.4 Å². The van der Waals surface area contributed by atoms with Gasteiger partial charge in [0.15, 0.2) is 6.29 Å². The topological polar surface area (TPSA) is 30.0 Å². The number of carbonyl (C=O) groups is 1. The second kappa shape index (κ2) is 7.93. The summed E-state index contributed by atoms with van der Waals surface area (Å²) in [6, 6.07) is 7.89. The number of aldehydes is 1. The lowest BCUT2D eigenvalue weighted by molar-refractivity contribution is 0.112. The van der Waals surface area contributed by atoms with Crippen molar-refractivity contribution in [2.75, 3.05) is 0 Å². The van der Waals surface area contributed by atoms with Gasteiger partial charge in [-0.05, 0) is 30.3 Å². The lowest BCUT2D eigenvalue weighted by atomic mass is 9.98. The van der Waals surface area contributed by atoms with Gasteiger partial charge in [-0.1, -0.05) is 69.6 Å². The quantitative estimate of drug-likeness (QED) is 0.288. The van der Waals surface area contributed by atoms with E-state index in [1.165, 1.54) is 18.3 Å². The minimum Gasteiger partial charge on any atom is -0.298 e. The highest BCUT2D eigenvalue weighted by atomic mass is 35.5. The van der Waals surface area contributed by atoms with Crippen molar-refractivity contribution >= 4 is 75.9 Å². The number of nitrogens with zero attached hydrogens (tertiary/aromatic N) is 1. The highest BCUT2D eigenvalue weighted by molar-refractivity contribution is 6.45. The van der Waals surface area contributed by atoms with Crippen molar-refractivity contribution in [2.45, 2.75) is 0 Å². The fourth-order valence-electron chi connectivity index (χ4n) is 2.40. The van der Waals surface area contributed by atoms with E-state index in [4.69, 9.17) is 69.6 Å². The van der Waals surface area contributed by atoms with Gasteiger partial charge in [-0.2, -0.15) is 0 Å². The van der Waals surface area contributed by atoms with Crippen LogP contribution in [0.2, 0.25) is 30.1 Å². The summed E-state index contributed by atoms with van der Waals surface area (Å²) in [7, 11) is 0. The SMILES string of the molecule is O=Cc1cnc(-c2cc(Cl)c(Cl)cc2Cl)c(-c2cc(Cl)c(Cl)cc2Cl)c1. The van der Waals surface area contributed by atoms with Crippen LogP contribution in [0.15, 0.2) is 36.5 Å². The zero-order valence-electron chi connectivity index (χ0n) is 12.7. The van der Waals surface area contributed by atoms with E-state index in [-0.39, 0.29) is 0 Å². The van der Waals surface area contributed by atoms with Crippen LogP contribution in [0.25, 0.3) is 22.4 Å².